The third-order valence-electron chi connectivity index (χ3n) is 1.96. The second-order valence-corrected chi connectivity index (χ2v) is 4.34. The van der Waals surface area contributed by atoms with Gasteiger partial charge in [0.25, 0.3) is 0 Å². The number of likely N-dealkylation sites (N-methyl/N-ethyl adjacent to an activating group) is 1. The number of aliphatic hydroxyl groups is 1. The molecule has 1 unspecified atom stereocenters. The van der Waals surface area contributed by atoms with Gasteiger partial charge in [0.15, 0.2) is 0 Å². The van der Waals surface area contributed by atoms with E-state index in [0.29, 0.717) is 6.54 Å². The van der Waals surface area contributed by atoms with E-state index < -0.39 is 23.6 Å². The molecule has 94 valence electrons. The van der Waals surface area contributed by atoms with Crippen molar-refractivity contribution in [2.45, 2.75) is 39.3 Å². The lowest BCUT2D eigenvalue weighted by Crippen LogP contribution is -2.50. The summed E-state index contributed by atoms with van der Waals surface area (Å²) in [6.45, 7) is 6.88. The summed E-state index contributed by atoms with van der Waals surface area (Å²) >= 11 is 0. The Morgan fingerprint density at radius 3 is 2.25 bits per heavy atom. The van der Waals surface area contributed by atoms with Crippen molar-refractivity contribution in [2.75, 3.05) is 13.1 Å². The third-order valence-corrected chi connectivity index (χ3v) is 1.96. The molecule has 0 saturated heterocycles. The molecule has 2 amide bonds. The molecule has 0 aromatic heterocycles. The van der Waals surface area contributed by atoms with Crippen LogP contribution in [0.15, 0.2) is 0 Å². The van der Waals surface area contributed by atoms with Crippen molar-refractivity contribution in [1.82, 2.24) is 10.2 Å². The molecule has 0 aromatic carbocycles. The Morgan fingerprint density at radius 1 is 1.44 bits per heavy atom. The molecule has 0 aromatic rings. The lowest BCUT2D eigenvalue weighted by Gasteiger charge is -2.28. The molecule has 1 atom stereocenters. The van der Waals surface area contributed by atoms with Crippen LogP contribution < -0.4 is 5.32 Å². The average Bonchev–Trinajstić information content (AvgIpc) is 2.12. The number of aliphatic carboxylic acids is 1. The summed E-state index contributed by atoms with van der Waals surface area (Å²) in [5.41, 5.74) is -1.00. The van der Waals surface area contributed by atoms with Crippen LogP contribution in [0.5, 0.6) is 0 Å². The summed E-state index contributed by atoms with van der Waals surface area (Å²) in [6, 6.07) is -1.43. The van der Waals surface area contributed by atoms with E-state index in [1.165, 1.54) is 11.8 Å². The standard InChI is InChI=1S/C10H20N2O4/c1-5-12(6-10(3,4)16)9(15)11-7(2)8(13)14/h7,16H,5-6H2,1-4H3,(H,11,15)(H,13,14). The number of hydrogen-bond acceptors (Lipinski definition) is 3. The number of carboxylic acid groups (broad SMARTS) is 1. The number of hydrogen-bond donors (Lipinski definition) is 3. The van der Waals surface area contributed by atoms with Crippen LogP contribution in [0.2, 0.25) is 0 Å². The Kier molecular flexibility index (Phi) is 5.23. The van der Waals surface area contributed by atoms with Gasteiger partial charge in [0.2, 0.25) is 0 Å². The highest BCUT2D eigenvalue weighted by Gasteiger charge is 2.23. The number of rotatable bonds is 5. The molecule has 0 spiro atoms. The Balaban J connectivity index is 4.38. The van der Waals surface area contributed by atoms with E-state index in [4.69, 9.17) is 5.11 Å². The molecule has 6 heteroatoms. The predicted octanol–water partition coefficient (Wildman–Crippen LogP) is 0.262. The van der Waals surface area contributed by atoms with Crippen LogP contribution in [-0.2, 0) is 4.79 Å². The SMILES string of the molecule is CCN(CC(C)(C)O)C(=O)NC(C)C(=O)O. The number of nitrogens with one attached hydrogen (secondary N) is 1. The molecule has 0 heterocycles. The zero-order valence-corrected chi connectivity index (χ0v) is 10.1. The van der Waals surface area contributed by atoms with Crippen molar-refractivity contribution in [3.8, 4) is 0 Å². The zero-order chi connectivity index (χ0) is 12.9. The molecule has 0 saturated carbocycles. The Morgan fingerprint density at radius 2 is 1.94 bits per heavy atom. The highest BCUT2D eigenvalue weighted by atomic mass is 16.4. The number of carbonyl (C=O) groups is 2. The summed E-state index contributed by atoms with van der Waals surface area (Å²) in [7, 11) is 0. The van der Waals surface area contributed by atoms with E-state index in [1.54, 1.807) is 20.8 Å². The van der Waals surface area contributed by atoms with Gasteiger partial charge in [0.1, 0.15) is 6.04 Å². The van der Waals surface area contributed by atoms with Gasteiger partial charge in [-0.25, -0.2) is 4.79 Å². The number of amides is 2. The Bertz CT molecular complexity index is 260. The Labute approximate surface area is 95.2 Å². The first kappa shape index (κ1) is 14.7. The van der Waals surface area contributed by atoms with Crippen molar-refractivity contribution in [1.29, 1.82) is 0 Å². The maximum absolute atomic E-state index is 11.6. The highest BCUT2D eigenvalue weighted by molar-refractivity contribution is 5.82. The molecule has 0 rings (SSSR count). The summed E-state index contributed by atoms with van der Waals surface area (Å²) in [4.78, 5) is 23.5. The van der Waals surface area contributed by atoms with Crippen molar-refractivity contribution in [2.24, 2.45) is 0 Å². The number of carbonyl (C=O) groups excluding carboxylic acids is 1. The van der Waals surface area contributed by atoms with E-state index >= 15 is 0 Å². The molecule has 0 aliphatic carbocycles. The molecular formula is C10H20N2O4. The molecule has 0 aliphatic heterocycles. The second kappa shape index (κ2) is 5.69. The lowest BCUT2D eigenvalue weighted by atomic mass is 10.1. The van der Waals surface area contributed by atoms with Crippen molar-refractivity contribution in [3.05, 3.63) is 0 Å². The molecule has 16 heavy (non-hydrogen) atoms. The first-order valence-electron chi connectivity index (χ1n) is 5.18. The quantitative estimate of drug-likeness (QED) is 0.634. The first-order valence-corrected chi connectivity index (χ1v) is 5.18. The molecule has 0 radical (unpaired) electrons. The summed E-state index contributed by atoms with van der Waals surface area (Å²) in [5.74, 6) is -1.09. The molecule has 0 bridgehead atoms. The van der Waals surface area contributed by atoms with Crippen molar-refractivity contribution in [3.63, 3.8) is 0 Å². The maximum Gasteiger partial charge on any atom is 0.325 e. The highest BCUT2D eigenvalue weighted by Crippen LogP contribution is 2.05. The van der Waals surface area contributed by atoms with E-state index in [1.807, 2.05) is 0 Å². The fourth-order valence-electron chi connectivity index (χ4n) is 1.13. The number of carboxylic acids is 1. The third kappa shape index (κ3) is 5.55. The van der Waals surface area contributed by atoms with Gasteiger partial charge in [-0.05, 0) is 27.7 Å². The van der Waals surface area contributed by atoms with Crippen LogP contribution in [0.4, 0.5) is 4.79 Å². The summed E-state index contributed by atoms with van der Waals surface area (Å²) in [6.07, 6.45) is 0. The van der Waals surface area contributed by atoms with E-state index in [9.17, 15) is 14.7 Å². The Hall–Kier alpha value is -1.30. The monoisotopic (exact) mass is 232 g/mol. The smallest absolute Gasteiger partial charge is 0.325 e. The molecule has 6 nitrogen and oxygen atoms in total. The summed E-state index contributed by atoms with van der Waals surface area (Å²) < 4.78 is 0. The minimum atomic E-state index is -1.09. The largest absolute Gasteiger partial charge is 0.480 e. The van der Waals surface area contributed by atoms with Crippen LogP contribution in [0.3, 0.4) is 0 Å². The van der Waals surface area contributed by atoms with Gasteiger partial charge in [-0.3, -0.25) is 4.79 Å². The molecule has 0 aliphatic rings. The van der Waals surface area contributed by atoms with Gasteiger partial charge in [-0.1, -0.05) is 0 Å². The van der Waals surface area contributed by atoms with Gasteiger partial charge in [0, 0.05) is 6.54 Å². The molecular weight excluding hydrogens is 212 g/mol. The molecule has 3 N–H and O–H groups in total. The fraction of sp³-hybridized carbons (Fsp3) is 0.800. The van der Waals surface area contributed by atoms with Gasteiger partial charge in [-0.2, -0.15) is 0 Å². The van der Waals surface area contributed by atoms with Gasteiger partial charge >= 0.3 is 12.0 Å². The number of nitrogens with zero attached hydrogens (tertiary/aromatic N) is 1. The van der Waals surface area contributed by atoms with E-state index in [2.05, 4.69) is 5.32 Å². The maximum atomic E-state index is 11.6. The lowest BCUT2D eigenvalue weighted by molar-refractivity contribution is -0.138. The van der Waals surface area contributed by atoms with Gasteiger partial charge < -0.3 is 20.4 Å². The van der Waals surface area contributed by atoms with Crippen molar-refractivity contribution >= 4 is 12.0 Å². The van der Waals surface area contributed by atoms with Crippen LogP contribution in [0.25, 0.3) is 0 Å². The minimum absolute atomic E-state index is 0.154. The second-order valence-electron chi connectivity index (χ2n) is 4.34. The summed E-state index contributed by atoms with van der Waals surface area (Å²) in [5, 5.41) is 20.5. The molecule has 0 fully saturated rings. The van der Waals surface area contributed by atoms with Crippen LogP contribution in [0.1, 0.15) is 27.7 Å². The topological polar surface area (TPSA) is 89.9 Å². The minimum Gasteiger partial charge on any atom is -0.480 e. The van der Waals surface area contributed by atoms with Gasteiger partial charge in [-0.15, -0.1) is 0 Å². The fourth-order valence-corrected chi connectivity index (χ4v) is 1.13. The first-order chi connectivity index (χ1) is 7.17. The normalized spacial score (nSPS) is 13.1. The van der Waals surface area contributed by atoms with Crippen LogP contribution in [-0.4, -0.2) is 51.8 Å². The van der Waals surface area contributed by atoms with E-state index in [-0.39, 0.29) is 6.54 Å². The van der Waals surface area contributed by atoms with Gasteiger partial charge in [0.05, 0.1) is 12.1 Å². The number of urea groups is 1. The van der Waals surface area contributed by atoms with Crippen molar-refractivity contribution < 1.29 is 19.8 Å². The zero-order valence-electron chi connectivity index (χ0n) is 10.1. The predicted molar refractivity (Wildman–Crippen MR) is 59.2 cm³/mol. The average molecular weight is 232 g/mol. The van der Waals surface area contributed by atoms with Crippen LogP contribution >= 0.6 is 0 Å². The van der Waals surface area contributed by atoms with Crippen LogP contribution in [0, 0.1) is 0 Å². The van der Waals surface area contributed by atoms with E-state index in [0.717, 1.165) is 0 Å².